The lowest BCUT2D eigenvalue weighted by atomic mass is 10.1. The molecule has 1 unspecified atom stereocenters. The van der Waals surface area contributed by atoms with Gasteiger partial charge in [-0.15, -0.1) is 5.10 Å². The minimum Gasteiger partial charge on any atom is -0.475 e. The Balaban J connectivity index is 2.14. The summed E-state index contributed by atoms with van der Waals surface area (Å²) >= 11 is 0. The smallest absolute Gasteiger partial charge is 0.350 e. The molecular formula is C15H18N4O4. The Morgan fingerprint density at radius 3 is 2.57 bits per heavy atom. The number of hydrogen-bond donors (Lipinski definition) is 1. The fraction of sp³-hybridized carbons (Fsp3) is 0.333. The van der Waals surface area contributed by atoms with E-state index in [1.165, 1.54) is 23.6 Å². The third-order valence-electron chi connectivity index (χ3n) is 3.48. The van der Waals surface area contributed by atoms with Crippen molar-refractivity contribution in [2.45, 2.75) is 26.3 Å². The molecule has 8 heteroatoms. The van der Waals surface area contributed by atoms with E-state index in [0.717, 1.165) is 6.42 Å². The van der Waals surface area contributed by atoms with Gasteiger partial charge in [-0.3, -0.25) is 14.9 Å². The van der Waals surface area contributed by atoms with E-state index in [4.69, 9.17) is 4.74 Å². The van der Waals surface area contributed by atoms with Gasteiger partial charge in [0.25, 0.3) is 0 Å². The maximum atomic E-state index is 12.3. The molecule has 0 bridgehead atoms. The maximum Gasteiger partial charge on any atom is 0.350 e. The van der Waals surface area contributed by atoms with Crippen molar-refractivity contribution in [3.8, 4) is 5.88 Å². The molecule has 23 heavy (non-hydrogen) atoms. The maximum absolute atomic E-state index is 12.3. The molecule has 0 fully saturated rings. The van der Waals surface area contributed by atoms with Gasteiger partial charge in [0.2, 0.25) is 5.91 Å². The van der Waals surface area contributed by atoms with Gasteiger partial charge in [-0.2, -0.15) is 0 Å². The van der Waals surface area contributed by atoms with Crippen LogP contribution in [0.15, 0.2) is 30.5 Å². The molecule has 0 saturated heterocycles. The van der Waals surface area contributed by atoms with E-state index in [0.29, 0.717) is 5.69 Å². The van der Waals surface area contributed by atoms with Crippen molar-refractivity contribution in [2.75, 3.05) is 12.4 Å². The van der Waals surface area contributed by atoms with Crippen LogP contribution in [0.2, 0.25) is 0 Å². The average Bonchev–Trinajstić information content (AvgIpc) is 2.99. The number of rotatable bonds is 6. The summed E-state index contributed by atoms with van der Waals surface area (Å²) in [5.74, 6) is -0.448. The van der Waals surface area contributed by atoms with E-state index in [2.05, 4.69) is 10.4 Å². The molecule has 0 saturated carbocycles. The molecule has 0 spiro atoms. The lowest BCUT2D eigenvalue weighted by molar-refractivity contribution is -0.385. The van der Waals surface area contributed by atoms with E-state index in [-0.39, 0.29) is 17.5 Å². The summed E-state index contributed by atoms with van der Waals surface area (Å²) in [6.07, 6.45) is 2.10. The molecule has 1 heterocycles. The second-order valence-electron chi connectivity index (χ2n) is 4.98. The number of hydrogen-bond acceptors (Lipinski definition) is 5. The largest absolute Gasteiger partial charge is 0.475 e. The van der Waals surface area contributed by atoms with Gasteiger partial charge in [-0.05, 0) is 31.0 Å². The average molecular weight is 318 g/mol. The van der Waals surface area contributed by atoms with Gasteiger partial charge >= 0.3 is 11.6 Å². The number of ether oxygens (including phenoxy) is 1. The van der Waals surface area contributed by atoms with Crippen LogP contribution in [0.5, 0.6) is 5.88 Å². The first-order valence-electron chi connectivity index (χ1n) is 7.13. The van der Waals surface area contributed by atoms with Crippen LogP contribution in [0.25, 0.3) is 0 Å². The van der Waals surface area contributed by atoms with Gasteiger partial charge in [0.1, 0.15) is 12.2 Å². The van der Waals surface area contributed by atoms with E-state index in [1.807, 2.05) is 31.2 Å². The number of carbonyl (C=O) groups excluding carboxylic acids is 1. The summed E-state index contributed by atoms with van der Waals surface area (Å²) in [5, 5.41) is 17.6. The minimum absolute atomic E-state index is 0.123. The Morgan fingerprint density at radius 2 is 2.09 bits per heavy atom. The number of nitro groups is 1. The number of carbonyl (C=O) groups is 1. The van der Waals surface area contributed by atoms with E-state index in [9.17, 15) is 14.9 Å². The molecule has 8 nitrogen and oxygen atoms in total. The molecule has 122 valence electrons. The summed E-state index contributed by atoms with van der Waals surface area (Å²) in [7, 11) is 1.29. The van der Waals surface area contributed by atoms with Crippen molar-refractivity contribution in [3.63, 3.8) is 0 Å². The van der Waals surface area contributed by atoms with Crippen molar-refractivity contribution < 1.29 is 14.5 Å². The highest BCUT2D eigenvalue weighted by molar-refractivity contribution is 5.93. The summed E-state index contributed by atoms with van der Waals surface area (Å²) in [4.78, 5) is 22.6. The molecule has 0 radical (unpaired) electrons. The lowest BCUT2D eigenvalue weighted by Gasteiger charge is -2.12. The summed E-state index contributed by atoms with van der Waals surface area (Å²) in [6.45, 7) is 3.65. The monoisotopic (exact) mass is 318 g/mol. The number of anilines is 1. The Hall–Kier alpha value is -2.90. The van der Waals surface area contributed by atoms with Crippen molar-refractivity contribution in [2.24, 2.45) is 0 Å². The first kappa shape index (κ1) is 16.5. The summed E-state index contributed by atoms with van der Waals surface area (Å²) < 4.78 is 6.07. The van der Waals surface area contributed by atoms with Crippen molar-refractivity contribution in [1.82, 2.24) is 9.78 Å². The van der Waals surface area contributed by atoms with Crippen LogP contribution in [0.4, 0.5) is 11.4 Å². The third kappa shape index (κ3) is 3.65. The number of aryl methyl sites for hydroxylation is 1. The van der Waals surface area contributed by atoms with Crippen LogP contribution < -0.4 is 10.1 Å². The highest BCUT2D eigenvalue weighted by Crippen LogP contribution is 2.26. The molecule has 1 atom stereocenters. The lowest BCUT2D eigenvalue weighted by Crippen LogP contribution is -2.24. The molecule has 0 aliphatic carbocycles. The molecule has 1 N–H and O–H groups in total. The normalized spacial score (nSPS) is 11.8. The predicted octanol–water partition coefficient (Wildman–Crippen LogP) is 2.56. The second kappa shape index (κ2) is 6.91. The van der Waals surface area contributed by atoms with Crippen LogP contribution >= 0.6 is 0 Å². The molecule has 2 rings (SSSR count). The first-order valence-corrected chi connectivity index (χ1v) is 7.13. The standard InChI is InChI=1S/C15H18N4O4/c1-4-11-5-7-12(8-6-11)16-14(20)10(2)18-9-13(19(21)22)15(17-18)23-3/h5-10H,4H2,1-3H3,(H,16,20). The number of nitrogens with one attached hydrogen (secondary N) is 1. The Kier molecular flexibility index (Phi) is 4.95. The third-order valence-corrected chi connectivity index (χ3v) is 3.48. The zero-order chi connectivity index (χ0) is 17.0. The first-order chi connectivity index (χ1) is 11.0. The predicted molar refractivity (Wildman–Crippen MR) is 84.6 cm³/mol. The van der Waals surface area contributed by atoms with Crippen LogP contribution in [0.1, 0.15) is 25.5 Å². The zero-order valence-corrected chi connectivity index (χ0v) is 13.1. The molecule has 0 aliphatic heterocycles. The van der Waals surface area contributed by atoms with E-state index in [1.54, 1.807) is 6.92 Å². The topological polar surface area (TPSA) is 99.3 Å². The molecule has 1 amide bonds. The zero-order valence-electron chi connectivity index (χ0n) is 13.1. The van der Waals surface area contributed by atoms with Gasteiger partial charge < -0.3 is 10.1 Å². The fourth-order valence-corrected chi connectivity index (χ4v) is 2.03. The highest BCUT2D eigenvalue weighted by Gasteiger charge is 2.25. The molecule has 1 aromatic carbocycles. The Morgan fingerprint density at radius 1 is 1.43 bits per heavy atom. The Labute approximate surface area is 133 Å². The van der Waals surface area contributed by atoms with E-state index < -0.39 is 11.0 Å². The van der Waals surface area contributed by atoms with Gasteiger partial charge in [-0.25, -0.2) is 4.68 Å². The van der Waals surface area contributed by atoms with Crippen molar-refractivity contribution in [3.05, 3.63) is 46.1 Å². The number of aromatic nitrogens is 2. The quantitative estimate of drug-likeness (QED) is 0.652. The molecule has 1 aromatic heterocycles. The fourth-order valence-electron chi connectivity index (χ4n) is 2.03. The highest BCUT2D eigenvalue weighted by atomic mass is 16.6. The number of amides is 1. The number of methoxy groups -OCH3 is 1. The molecule has 2 aromatic rings. The second-order valence-corrected chi connectivity index (χ2v) is 4.98. The molecule has 0 aliphatic rings. The van der Waals surface area contributed by atoms with E-state index >= 15 is 0 Å². The van der Waals surface area contributed by atoms with Crippen LogP contribution in [0, 0.1) is 10.1 Å². The van der Waals surface area contributed by atoms with Gasteiger partial charge in [0.05, 0.1) is 12.0 Å². The number of nitrogens with zero attached hydrogens (tertiary/aromatic N) is 3. The van der Waals surface area contributed by atoms with Crippen molar-refractivity contribution >= 4 is 17.3 Å². The summed E-state index contributed by atoms with van der Waals surface area (Å²) in [6, 6.07) is 6.78. The van der Waals surface area contributed by atoms with Gasteiger partial charge in [0.15, 0.2) is 0 Å². The minimum atomic E-state index is -0.719. The van der Waals surface area contributed by atoms with Crippen LogP contribution in [-0.2, 0) is 11.2 Å². The number of benzene rings is 1. The molecular weight excluding hydrogens is 300 g/mol. The van der Waals surface area contributed by atoms with Gasteiger partial charge in [-0.1, -0.05) is 19.1 Å². The Bertz CT molecular complexity index is 709. The summed E-state index contributed by atoms with van der Waals surface area (Å²) in [5.41, 5.74) is 1.55. The van der Waals surface area contributed by atoms with Crippen molar-refractivity contribution in [1.29, 1.82) is 0 Å². The van der Waals surface area contributed by atoms with Crippen LogP contribution in [-0.4, -0.2) is 27.7 Å². The SMILES string of the molecule is CCc1ccc(NC(=O)C(C)n2cc([N+](=O)[O-])c(OC)n2)cc1. The van der Waals surface area contributed by atoms with Gasteiger partial charge in [0, 0.05) is 5.69 Å². The van der Waals surface area contributed by atoms with Crippen LogP contribution in [0.3, 0.4) is 0 Å².